The summed E-state index contributed by atoms with van der Waals surface area (Å²) in [5.74, 6) is 1.19. The molecule has 0 spiro atoms. The average molecular weight is 290 g/mol. The van der Waals surface area contributed by atoms with Gasteiger partial charge >= 0.3 is 0 Å². The normalized spacial score (nSPS) is 23.8. The Balaban J connectivity index is 1.98. The highest BCUT2D eigenvalue weighted by molar-refractivity contribution is 5.92. The lowest BCUT2D eigenvalue weighted by molar-refractivity contribution is 0.449. The van der Waals surface area contributed by atoms with E-state index in [-0.39, 0.29) is 0 Å². The maximum atomic E-state index is 2.42. The van der Waals surface area contributed by atoms with Crippen molar-refractivity contribution in [3.05, 3.63) is 60.0 Å². The lowest BCUT2D eigenvalue weighted by atomic mass is 9.90. The zero-order valence-corrected chi connectivity index (χ0v) is 13.5. The molecule has 22 heavy (non-hydrogen) atoms. The molecule has 0 amide bonds. The number of rotatable bonds is 1. The molecule has 0 N–H and O–H groups in total. The average Bonchev–Trinajstić information content (AvgIpc) is 2.84. The summed E-state index contributed by atoms with van der Waals surface area (Å²) in [7, 11) is 2.13. The molecule has 1 aliphatic heterocycles. The first-order valence-electron chi connectivity index (χ1n) is 8.06. The Kier molecular flexibility index (Phi) is 3.00. The van der Waals surface area contributed by atoms with E-state index in [0.717, 1.165) is 6.54 Å². The second kappa shape index (κ2) is 4.91. The quantitative estimate of drug-likeness (QED) is 0.736. The van der Waals surface area contributed by atoms with Gasteiger partial charge in [-0.25, -0.2) is 0 Å². The molecule has 2 unspecified atom stereocenters. The molecule has 1 aliphatic carbocycles. The monoisotopic (exact) mass is 290 g/mol. The van der Waals surface area contributed by atoms with Gasteiger partial charge in [-0.15, -0.1) is 0 Å². The van der Waals surface area contributed by atoms with Crippen LogP contribution in [0, 0.1) is 11.8 Å². The van der Waals surface area contributed by atoms with Gasteiger partial charge in [-0.3, -0.25) is 0 Å². The Morgan fingerprint density at radius 1 is 1.05 bits per heavy atom. The number of hydrogen-bond donors (Lipinski definition) is 0. The Morgan fingerprint density at radius 3 is 2.68 bits per heavy atom. The Labute approximate surface area is 132 Å². The van der Waals surface area contributed by atoms with Gasteiger partial charge in [0.05, 0.1) is 11.2 Å². The van der Waals surface area contributed by atoms with Crippen LogP contribution in [0.15, 0.2) is 48.7 Å². The van der Waals surface area contributed by atoms with Crippen LogP contribution in [0.4, 0.5) is 0 Å². The maximum absolute atomic E-state index is 2.42. The fraction of sp³-hybridized carbons (Fsp3) is 0.300. The van der Waals surface area contributed by atoms with Gasteiger partial charge in [0.25, 0.3) is 0 Å². The number of fused-ring (bicyclic) bond motifs is 3. The third-order valence-electron chi connectivity index (χ3n) is 5.01. The number of benzene rings is 1. The Hall–Kier alpha value is -2.22. The fourth-order valence-electron chi connectivity index (χ4n) is 3.50. The lowest BCUT2D eigenvalue weighted by Crippen LogP contribution is -2.15. The van der Waals surface area contributed by atoms with Crippen LogP contribution in [-0.2, 0) is 6.54 Å². The topological polar surface area (TPSA) is 8.17 Å². The highest BCUT2D eigenvalue weighted by atomic mass is 15.1. The standard InChI is InChI=1S/C20H22N2/c1-14-8-9-16(12-15(14)2)22-19-7-5-4-6-17(19)18-13-21(3)11-10-20(18)22/h4-12,14-15H,13H2,1-3H3. The predicted octanol–water partition coefficient (Wildman–Crippen LogP) is 4.74. The van der Waals surface area contributed by atoms with Crippen LogP contribution in [0.1, 0.15) is 25.1 Å². The van der Waals surface area contributed by atoms with Crippen LogP contribution < -0.4 is 0 Å². The second-order valence-corrected chi connectivity index (χ2v) is 6.62. The molecular formula is C20H22N2. The van der Waals surface area contributed by atoms with Gasteiger partial charge in [-0.05, 0) is 30.1 Å². The van der Waals surface area contributed by atoms with E-state index in [1.54, 1.807) is 0 Å². The Morgan fingerprint density at radius 2 is 1.86 bits per heavy atom. The molecule has 2 atom stereocenters. The molecule has 1 aromatic carbocycles. The summed E-state index contributed by atoms with van der Waals surface area (Å²) in [5.41, 5.74) is 5.38. The number of aromatic nitrogens is 1. The van der Waals surface area contributed by atoms with Crippen molar-refractivity contribution in [1.29, 1.82) is 0 Å². The molecule has 112 valence electrons. The first kappa shape index (κ1) is 13.4. The van der Waals surface area contributed by atoms with Gasteiger partial charge in [0.15, 0.2) is 0 Å². The van der Waals surface area contributed by atoms with E-state index in [9.17, 15) is 0 Å². The summed E-state index contributed by atoms with van der Waals surface area (Å²) < 4.78 is 2.42. The van der Waals surface area contributed by atoms with Crippen LogP contribution in [-0.4, -0.2) is 16.5 Å². The van der Waals surface area contributed by atoms with E-state index in [4.69, 9.17) is 0 Å². The maximum Gasteiger partial charge on any atom is 0.0538 e. The van der Waals surface area contributed by atoms with Gasteiger partial charge in [-0.2, -0.15) is 0 Å². The van der Waals surface area contributed by atoms with E-state index >= 15 is 0 Å². The molecule has 0 fully saturated rings. The summed E-state index contributed by atoms with van der Waals surface area (Å²) in [5, 5.41) is 1.37. The molecule has 4 rings (SSSR count). The second-order valence-electron chi connectivity index (χ2n) is 6.62. The summed E-state index contributed by atoms with van der Waals surface area (Å²) in [4.78, 5) is 2.24. The zero-order chi connectivity index (χ0) is 15.3. The summed E-state index contributed by atoms with van der Waals surface area (Å²) >= 11 is 0. The van der Waals surface area contributed by atoms with Gasteiger partial charge in [0.1, 0.15) is 0 Å². The smallest absolute Gasteiger partial charge is 0.0538 e. The van der Waals surface area contributed by atoms with Crippen LogP contribution in [0.25, 0.3) is 22.7 Å². The predicted molar refractivity (Wildman–Crippen MR) is 94.2 cm³/mol. The van der Waals surface area contributed by atoms with E-state index in [2.05, 4.69) is 85.1 Å². The summed E-state index contributed by atoms with van der Waals surface area (Å²) in [6.07, 6.45) is 11.4. The summed E-state index contributed by atoms with van der Waals surface area (Å²) in [6.45, 7) is 5.56. The highest BCUT2D eigenvalue weighted by Crippen LogP contribution is 2.35. The molecular weight excluding hydrogens is 268 g/mol. The van der Waals surface area contributed by atoms with Gasteiger partial charge in [0.2, 0.25) is 0 Å². The lowest BCUT2D eigenvalue weighted by Gasteiger charge is -2.23. The van der Waals surface area contributed by atoms with E-state index in [1.165, 1.54) is 27.9 Å². The minimum absolute atomic E-state index is 0.576. The van der Waals surface area contributed by atoms with Gasteiger partial charge in [-0.1, -0.05) is 44.2 Å². The van der Waals surface area contributed by atoms with E-state index in [1.807, 2.05) is 0 Å². The number of nitrogens with zero attached hydrogens (tertiary/aromatic N) is 2. The van der Waals surface area contributed by atoms with Crippen LogP contribution >= 0.6 is 0 Å². The van der Waals surface area contributed by atoms with Crippen LogP contribution in [0.3, 0.4) is 0 Å². The number of hydrogen-bond acceptors (Lipinski definition) is 1. The van der Waals surface area contributed by atoms with Crippen LogP contribution in [0.5, 0.6) is 0 Å². The van der Waals surface area contributed by atoms with E-state index < -0.39 is 0 Å². The first-order chi connectivity index (χ1) is 10.6. The SMILES string of the molecule is CC1C=CC(n2c3c(c4ccccc42)CN(C)C=C3)=CC1C. The highest BCUT2D eigenvalue weighted by Gasteiger charge is 2.22. The first-order valence-corrected chi connectivity index (χ1v) is 8.06. The van der Waals surface area contributed by atoms with Crippen molar-refractivity contribution in [3.8, 4) is 0 Å². The van der Waals surface area contributed by atoms with Crippen molar-refractivity contribution in [1.82, 2.24) is 9.47 Å². The molecule has 2 heterocycles. The largest absolute Gasteiger partial charge is 0.376 e. The van der Waals surface area contributed by atoms with Gasteiger partial charge < -0.3 is 9.47 Å². The van der Waals surface area contributed by atoms with Crippen molar-refractivity contribution in [3.63, 3.8) is 0 Å². The third-order valence-corrected chi connectivity index (χ3v) is 5.01. The van der Waals surface area contributed by atoms with Crippen LogP contribution in [0.2, 0.25) is 0 Å². The molecule has 2 nitrogen and oxygen atoms in total. The van der Waals surface area contributed by atoms with Crippen molar-refractivity contribution >= 4 is 22.7 Å². The molecule has 0 saturated heterocycles. The number of allylic oxidation sites excluding steroid dienone is 4. The molecule has 2 aliphatic rings. The van der Waals surface area contributed by atoms with Crippen molar-refractivity contribution in [2.24, 2.45) is 11.8 Å². The molecule has 0 radical (unpaired) electrons. The molecule has 2 aromatic rings. The minimum atomic E-state index is 0.576. The molecule has 1 aromatic heterocycles. The van der Waals surface area contributed by atoms with Crippen molar-refractivity contribution in [2.45, 2.75) is 20.4 Å². The van der Waals surface area contributed by atoms with Crippen molar-refractivity contribution in [2.75, 3.05) is 7.05 Å². The summed E-state index contributed by atoms with van der Waals surface area (Å²) in [6, 6.07) is 8.76. The zero-order valence-electron chi connectivity index (χ0n) is 13.5. The molecule has 0 bridgehead atoms. The van der Waals surface area contributed by atoms with E-state index in [0.29, 0.717) is 11.8 Å². The van der Waals surface area contributed by atoms with Crippen molar-refractivity contribution < 1.29 is 0 Å². The molecule has 2 heteroatoms. The van der Waals surface area contributed by atoms with Gasteiger partial charge in [0, 0.05) is 36.4 Å². The minimum Gasteiger partial charge on any atom is -0.376 e. The Bertz CT molecular complexity index is 820. The molecule has 0 saturated carbocycles. The number of para-hydroxylation sites is 1. The fourth-order valence-corrected chi connectivity index (χ4v) is 3.50. The third kappa shape index (κ3) is 1.94.